The van der Waals surface area contributed by atoms with Gasteiger partial charge in [-0.3, -0.25) is 0 Å². The zero-order valence-corrected chi connectivity index (χ0v) is 22.7. The maximum absolute atomic E-state index is 14.8. The molecule has 1 amide bonds. The number of aromatic nitrogens is 1. The number of hydrogen-bond acceptors (Lipinski definition) is 8. The number of rotatable bonds is 6. The molecule has 204 valence electrons. The van der Waals surface area contributed by atoms with E-state index in [4.69, 9.17) is 18.8 Å². The molecule has 0 bridgehead atoms. The fourth-order valence-corrected chi connectivity index (χ4v) is 5.68. The van der Waals surface area contributed by atoms with E-state index in [1.54, 1.807) is 26.4 Å². The zero-order chi connectivity index (χ0) is 27.7. The highest BCUT2D eigenvalue weighted by molar-refractivity contribution is 8.18. The first-order chi connectivity index (χ1) is 18.7. The molecule has 0 unspecified atom stereocenters. The minimum Gasteiger partial charge on any atom is -0.627 e. The number of halogens is 2. The highest BCUT2D eigenvalue weighted by atomic mass is 32.2. The molecule has 0 saturated heterocycles. The fraction of sp³-hybridized carbons (Fsp3) is 0.308. The minimum absolute atomic E-state index is 0.0436. The molecular weight excluding hydrogens is 529 g/mol. The molecule has 0 atom stereocenters. The van der Waals surface area contributed by atoms with Crippen molar-refractivity contribution in [1.82, 2.24) is 4.98 Å². The van der Waals surface area contributed by atoms with E-state index < -0.39 is 7.11 Å². The van der Waals surface area contributed by atoms with E-state index in [1.165, 1.54) is 13.1 Å². The van der Waals surface area contributed by atoms with Gasteiger partial charge in [-0.2, -0.15) is 0 Å². The third-order valence-electron chi connectivity index (χ3n) is 6.39. The predicted octanol–water partition coefficient (Wildman–Crippen LogP) is 3.43. The Labute approximate surface area is 228 Å². The van der Waals surface area contributed by atoms with E-state index in [-0.39, 0.29) is 17.4 Å². The fourth-order valence-electron chi connectivity index (χ4n) is 4.60. The van der Waals surface area contributed by atoms with Crippen molar-refractivity contribution in [3.8, 4) is 11.5 Å². The van der Waals surface area contributed by atoms with Crippen molar-refractivity contribution in [2.24, 2.45) is 4.99 Å². The Kier molecular flexibility index (Phi) is 7.35. The molecular formula is C26H27BF2N4O5S. The molecule has 2 aliphatic heterocycles. The van der Waals surface area contributed by atoms with Crippen molar-refractivity contribution >= 4 is 47.2 Å². The van der Waals surface area contributed by atoms with Gasteiger partial charge in [0, 0.05) is 67.7 Å². The Balaban J connectivity index is 1.45. The standard InChI is InChI=1S/C26H26BF2N4O5S/c1-15(34)31-26-32-20-7-5-6-19-23(37-27(28,29)38-24(19)25(20)39-26)16-9-11-22(30-13-16)33(2)14-17-8-10-18(35-3)12-21(17)36-4/h8-13H,5-7,14H2,1-4H3/q-1/p+1. The van der Waals surface area contributed by atoms with Gasteiger partial charge in [-0.25, -0.2) is 14.8 Å². The van der Waals surface area contributed by atoms with Crippen LogP contribution in [0.5, 0.6) is 11.5 Å². The molecule has 1 aromatic carbocycles. The van der Waals surface area contributed by atoms with Crippen LogP contribution in [-0.4, -0.2) is 50.1 Å². The number of allylic oxidation sites excluding steroid dienone is 2. The smallest absolute Gasteiger partial charge is 0.627 e. The number of carbonyl (C=O) groups is 1. The molecule has 2 aromatic rings. The third kappa shape index (κ3) is 5.63. The molecule has 1 aromatic heterocycles. The summed E-state index contributed by atoms with van der Waals surface area (Å²) in [5.41, 5.74) is 2.50. The van der Waals surface area contributed by atoms with Crippen LogP contribution in [0.1, 0.15) is 37.3 Å². The molecule has 0 spiro atoms. The van der Waals surface area contributed by atoms with E-state index >= 15 is 0 Å². The second kappa shape index (κ2) is 10.7. The number of nitrogens with zero attached hydrogens (tertiary/aromatic N) is 3. The Hall–Kier alpha value is -3.87. The van der Waals surface area contributed by atoms with Crippen molar-refractivity contribution in [2.75, 3.05) is 26.2 Å². The molecule has 39 heavy (non-hydrogen) atoms. The van der Waals surface area contributed by atoms with Gasteiger partial charge in [0.2, 0.25) is 0 Å². The number of amides is 1. The van der Waals surface area contributed by atoms with Gasteiger partial charge in [0.25, 0.3) is 0 Å². The number of benzene rings is 1. The Morgan fingerprint density at radius 1 is 1.15 bits per heavy atom. The Bertz CT molecular complexity index is 1440. The molecule has 1 N–H and O–H groups in total. The van der Waals surface area contributed by atoms with Crippen LogP contribution in [0.4, 0.5) is 14.4 Å². The van der Waals surface area contributed by atoms with Crippen LogP contribution >= 0.6 is 11.8 Å². The Morgan fingerprint density at radius 3 is 2.64 bits per heavy atom. The van der Waals surface area contributed by atoms with E-state index in [9.17, 15) is 13.4 Å². The van der Waals surface area contributed by atoms with Crippen molar-refractivity contribution < 1.29 is 37.2 Å². The second-order valence-electron chi connectivity index (χ2n) is 9.18. The van der Waals surface area contributed by atoms with Gasteiger partial charge < -0.3 is 32.3 Å². The number of fused-ring (bicyclic) bond motifs is 2. The topological polar surface area (TPSA) is 96.5 Å². The van der Waals surface area contributed by atoms with Crippen LogP contribution in [-0.2, 0) is 20.6 Å². The van der Waals surface area contributed by atoms with E-state index in [1.807, 2.05) is 30.1 Å². The van der Waals surface area contributed by atoms with Gasteiger partial charge in [-0.1, -0.05) is 0 Å². The largest absolute Gasteiger partial charge is 0.725 e. The number of aliphatic imine (C=N–C) groups is 1. The van der Waals surface area contributed by atoms with Crippen molar-refractivity contribution in [3.05, 3.63) is 63.9 Å². The number of amidine groups is 1. The number of hydrogen-bond donors (Lipinski definition) is 1. The van der Waals surface area contributed by atoms with Crippen LogP contribution in [0, 0.1) is 0 Å². The average Bonchev–Trinajstić information content (AvgIpc) is 3.22. The summed E-state index contributed by atoms with van der Waals surface area (Å²) in [6, 6.07) is 9.06. The van der Waals surface area contributed by atoms with Gasteiger partial charge in [-0.15, -0.1) is 0 Å². The summed E-state index contributed by atoms with van der Waals surface area (Å²) in [4.78, 5) is 25.5. The lowest BCUT2D eigenvalue weighted by atomic mass is 9.98. The zero-order valence-electron chi connectivity index (χ0n) is 21.9. The molecule has 9 nitrogen and oxygen atoms in total. The molecule has 0 fully saturated rings. The predicted molar refractivity (Wildman–Crippen MR) is 146 cm³/mol. The number of thioether (sulfide) groups is 1. The van der Waals surface area contributed by atoms with E-state index in [0.717, 1.165) is 17.3 Å². The lowest BCUT2D eigenvalue weighted by molar-refractivity contribution is -0.372. The van der Waals surface area contributed by atoms with Crippen LogP contribution in [0.2, 0.25) is 0 Å². The third-order valence-corrected chi connectivity index (χ3v) is 7.40. The summed E-state index contributed by atoms with van der Waals surface area (Å²) in [6.45, 7) is 1.87. The number of nitrogens with one attached hydrogen (secondary N) is 1. The van der Waals surface area contributed by atoms with Crippen LogP contribution in [0.3, 0.4) is 0 Å². The molecule has 0 saturated carbocycles. The molecule has 5 rings (SSSR count). The monoisotopic (exact) mass is 556 g/mol. The molecule has 1 aliphatic carbocycles. The van der Waals surface area contributed by atoms with E-state index in [0.29, 0.717) is 70.0 Å². The number of ether oxygens (including phenoxy) is 2. The first kappa shape index (κ1) is 26.7. The van der Waals surface area contributed by atoms with Crippen LogP contribution in [0.25, 0.3) is 5.76 Å². The first-order valence-corrected chi connectivity index (χ1v) is 13.1. The minimum atomic E-state index is -4.62. The van der Waals surface area contributed by atoms with Crippen molar-refractivity contribution in [2.45, 2.75) is 32.7 Å². The molecule has 3 aliphatic rings. The summed E-state index contributed by atoms with van der Waals surface area (Å²) in [5, 5.41) is 0.344. The van der Waals surface area contributed by atoms with Crippen LogP contribution < -0.4 is 19.4 Å². The average molecular weight is 556 g/mol. The van der Waals surface area contributed by atoms with Gasteiger partial charge in [-0.05, 0) is 42.1 Å². The summed E-state index contributed by atoms with van der Waals surface area (Å²) in [7, 11) is 0.449. The normalized spacial score (nSPS) is 18.9. The van der Waals surface area contributed by atoms with Crippen molar-refractivity contribution in [3.63, 3.8) is 0 Å². The van der Waals surface area contributed by atoms with E-state index in [2.05, 4.69) is 15.0 Å². The first-order valence-electron chi connectivity index (χ1n) is 12.3. The quantitative estimate of drug-likeness (QED) is 0.541. The molecule has 0 radical (unpaired) electrons. The van der Waals surface area contributed by atoms with Gasteiger partial charge >= 0.3 is 18.2 Å². The maximum atomic E-state index is 14.8. The second-order valence-corrected chi connectivity index (χ2v) is 10.2. The lowest BCUT2D eigenvalue weighted by Gasteiger charge is -2.38. The Morgan fingerprint density at radius 2 is 1.95 bits per heavy atom. The summed E-state index contributed by atoms with van der Waals surface area (Å²) in [5.74, 6) is 1.82. The number of pyridine rings is 1. The van der Waals surface area contributed by atoms with Gasteiger partial charge in [0.1, 0.15) is 28.0 Å². The highest BCUT2D eigenvalue weighted by Crippen LogP contribution is 2.46. The number of anilines is 1. The lowest BCUT2D eigenvalue weighted by Crippen LogP contribution is -2.75. The maximum Gasteiger partial charge on any atom is 0.725 e. The van der Waals surface area contributed by atoms with Gasteiger partial charge in [0.05, 0.1) is 20.0 Å². The van der Waals surface area contributed by atoms with Crippen molar-refractivity contribution in [1.29, 1.82) is 0 Å². The molecule has 13 heteroatoms. The van der Waals surface area contributed by atoms with Gasteiger partial charge in [0.15, 0.2) is 5.71 Å². The summed E-state index contributed by atoms with van der Waals surface area (Å²) < 4.78 is 50.5. The number of carbonyl (C=O) groups excluding carboxylic acids is 1. The highest BCUT2D eigenvalue weighted by Gasteiger charge is 2.45. The summed E-state index contributed by atoms with van der Waals surface area (Å²) in [6.07, 6.45) is 3.20. The van der Waals surface area contributed by atoms with Crippen LogP contribution in [0.15, 0.2) is 57.8 Å². The summed E-state index contributed by atoms with van der Waals surface area (Å²) >= 11 is 1.11. The number of methoxy groups -OCH3 is 2. The SMILES string of the molecule is COc1ccc(CN(C)c2ccc(C3=C4CCCC5=NC(=[NH+]C(C)=O)SC5=C4O[B-](F)(F)O3)cn2)c(OC)c1. The molecule has 3 heterocycles.